The molecule has 3 heterocycles. The van der Waals surface area contributed by atoms with Crippen LogP contribution >= 0.6 is 0 Å². The molecule has 9 heteroatoms. The van der Waals surface area contributed by atoms with Crippen LogP contribution in [-0.4, -0.2) is 62.8 Å². The van der Waals surface area contributed by atoms with Crippen molar-refractivity contribution in [2.75, 3.05) is 20.2 Å². The van der Waals surface area contributed by atoms with Gasteiger partial charge in [0.2, 0.25) is 0 Å². The summed E-state index contributed by atoms with van der Waals surface area (Å²) in [4.78, 5) is 15.4. The van der Waals surface area contributed by atoms with Gasteiger partial charge in [0.05, 0.1) is 17.9 Å². The molecule has 4 aromatic rings. The average Bonchev–Trinajstić information content (AvgIpc) is 3.67. The van der Waals surface area contributed by atoms with E-state index in [0.717, 1.165) is 40.1 Å². The van der Waals surface area contributed by atoms with Gasteiger partial charge in [0.1, 0.15) is 18.5 Å². The minimum Gasteiger partial charge on any atom is -0.492 e. The number of likely N-dealkylation sites (N-methyl/N-ethyl adjacent to an activating group) is 1. The van der Waals surface area contributed by atoms with Crippen LogP contribution in [0.4, 0.5) is 4.39 Å². The summed E-state index contributed by atoms with van der Waals surface area (Å²) >= 11 is 0. The highest BCUT2D eigenvalue weighted by molar-refractivity contribution is 5.96. The summed E-state index contributed by atoms with van der Waals surface area (Å²) in [5.74, 6) is 0.423. The molecule has 0 aliphatic carbocycles. The minimum absolute atomic E-state index is 0.0265. The normalized spacial score (nSPS) is 18.1. The molecule has 1 fully saturated rings. The molecule has 40 heavy (non-hydrogen) atoms. The molecular weight excluding hydrogens is 507 g/mol. The standard InChI is InChI=1S/C31H37FN6O2/c1-6-38-10-9-30(35-38)24-12-22(11-23(13-24)25-16-33-37(5)17-25)21(3)34-31(39)29-15-28(8-7-20(29)2)40-19-27-14-26(32)18-36(27)4/h7-13,15-17,21,26-27H,6,14,18-19H2,1-5H3,(H,34,39)/t21-,26+,27+/m1/s1. The van der Waals surface area contributed by atoms with Gasteiger partial charge in [0, 0.05) is 55.3 Å². The zero-order valence-corrected chi connectivity index (χ0v) is 23.8. The maximum atomic E-state index is 13.7. The molecule has 1 aliphatic heterocycles. The van der Waals surface area contributed by atoms with Crippen molar-refractivity contribution < 1.29 is 13.9 Å². The Kier molecular flexibility index (Phi) is 8.02. The van der Waals surface area contributed by atoms with E-state index >= 15 is 0 Å². The first-order valence-electron chi connectivity index (χ1n) is 13.8. The SMILES string of the molecule is CCn1ccc(-c2cc(-c3cnn(C)c3)cc([C@@H](C)NC(=O)c3cc(OC[C@@H]4C[C@H](F)CN4C)ccc3C)c2)n1. The largest absolute Gasteiger partial charge is 0.492 e. The van der Waals surface area contributed by atoms with Gasteiger partial charge in [-0.05, 0) is 87.3 Å². The topological polar surface area (TPSA) is 77.2 Å². The third-order valence-corrected chi connectivity index (χ3v) is 7.63. The fourth-order valence-corrected chi connectivity index (χ4v) is 5.17. The van der Waals surface area contributed by atoms with Crippen LogP contribution in [0.2, 0.25) is 0 Å². The number of aromatic nitrogens is 4. The van der Waals surface area contributed by atoms with Gasteiger partial charge in [0.15, 0.2) is 0 Å². The number of hydrogen-bond acceptors (Lipinski definition) is 5. The first-order chi connectivity index (χ1) is 19.2. The van der Waals surface area contributed by atoms with E-state index in [4.69, 9.17) is 9.84 Å². The Balaban J connectivity index is 1.36. The summed E-state index contributed by atoms with van der Waals surface area (Å²) in [5.41, 5.74) is 6.22. The quantitative estimate of drug-likeness (QED) is 0.314. The molecule has 1 aliphatic rings. The number of alkyl halides is 1. The molecule has 5 rings (SSSR count). The molecule has 2 aromatic heterocycles. The predicted molar refractivity (Wildman–Crippen MR) is 154 cm³/mol. The van der Waals surface area contributed by atoms with E-state index in [1.165, 1.54) is 0 Å². The molecule has 0 saturated carbocycles. The van der Waals surface area contributed by atoms with Crippen LogP contribution in [0, 0.1) is 6.92 Å². The third-order valence-electron chi connectivity index (χ3n) is 7.63. The molecule has 0 bridgehead atoms. The summed E-state index contributed by atoms with van der Waals surface area (Å²) in [6.45, 7) is 7.55. The number of benzene rings is 2. The molecule has 8 nitrogen and oxygen atoms in total. The molecule has 1 saturated heterocycles. The number of hydrogen-bond donors (Lipinski definition) is 1. The van der Waals surface area contributed by atoms with E-state index in [0.29, 0.717) is 30.9 Å². The van der Waals surface area contributed by atoms with Gasteiger partial charge in [0.25, 0.3) is 5.91 Å². The molecule has 1 amide bonds. The number of halogens is 1. The van der Waals surface area contributed by atoms with Crippen LogP contribution in [-0.2, 0) is 13.6 Å². The van der Waals surface area contributed by atoms with Crippen LogP contribution < -0.4 is 10.1 Å². The van der Waals surface area contributed by atoms with E-state index in [-0.39, 0.29) is 18.0 Å². The number of likely N-dealkylation sites (tertiary alicyclic amines) is 1. The molecular formula is C31H37FN6O2. The van der Waals surface area contributed by atoms with Crippen LogP contribution in [0.5, 0.6) is 5.75 Å². The highest BCUT2D eigenvalue weighted by Crippen LogP contribution is 2.30. The van der Waals surface area contributed by atoms with Crippen LogP contribution in [0.15, 0.2) is 61.1 Å². The fraction of sp³-hybridized carbons (Fsp3) is 0.387. The number of rotatable bonds is 9. The number of aryl methyl sites for hydroxylation is 3. The molecule has 2 aromatic carbocycles. The number of ether oxygens (including phenoxy) is 1. The van der Waals surface area contributed by atoms with Crippen molar-refractivity contribution in [3.8, 4) is 28.1 Å². The average molecular weight is 545 g/mol. The van der Waals surface area contributed by atoms with Crippen LogP contribution in [0.25, 0.3) is 22.4 Å². The van der Waals surface area contributed by atoms with E-state index < -0.39 is 6.17 Å². The Hall–Kier alpha value is -3.98. The van der Waals surface area contributed by atoms with Gasteiger partial charge in [-0.2, -0.15) is 10.2 Å². The summed E-state index contributed by atoms with van der Waals surface area (Å²) < 4.78 is 23.4. The van der Waals surface area contributed by atoms with Gasteiger partial charge >= 0.3 is 0 Å². The summed E-state index contributed by atoms with van der Waals surface area (Å²) in [7, 11) is 3.80. The number of nitrogens with zero attached hydrogens (tertiary/aromatic N) is 5. The number of nitrogens with one attached hydrogen (secondary N) is 1. The lowest BCUT2D eigenvalue weighted by atomic mass is 9.96. The number of carbonyl (C=O) groups excluding carboxylic acids is 1. The second kappa shape index (κ2) is 11.6. The van der Waals surface area contributed by atoms with Crippen molar-refractivity contribution in [2.24, 2.45) is 7.05 Å². The first kappa shape index (κ1) is 27.6. The second-order valence-electron chi connectivity index (χ2n) is 10.7. The van der Waals surface area contributed by atoms with Crippen molar-refractivity contribution in [3.05, 3.63) is 77.7 Å². The van der Waals surface area contributed by atoms with Crippen molar-refractivity contribution in [1.29, 1.82) is 0 Å². The molecule has 3 atom stereocenters. The van der Waals surface area contributed by atoms with Gasteiger partial charge in [-0.25, -0.2) is 4.39 Å². The Morgan fingerprint density at radius 3 is 2.62 bits per heavy atom. The van der Waals surface area contributed by atoms with Crippen LogP contribution in [0.1, 0.15) is 47.8 Å². The Bertz CT molecular complexity index is 1490. The Morgan fingerprint density at radius 2 is 1.95 bits per heavy atom. The number of amides is 1. The zero-order valence-electron chi connectivity index (χ0n) is 23.8. The van der Waals surface area contributed by atoms with Gasteiger partial charge in [-0.1, -0.05) is 6.07 Å². The minimum atomic E-state index is -0.820. The van der Waals surface area contributed by atoms with E-state index in [2.05, 4.69) is 35.5 Å². The van der Waals surface area contributed by atoms with E-state index in [1.807, 2.05) is 74.3 Å². The highest BCUT2D eigenvalue weighted by Gasteiger charge is 2.29. The fourth-order valence-electron chi connectivity index (χ4n) is 5.17. The smallest absolute Gasteiger partial charge is 0.252 e. The van der Waals surface area contributed by atoms with Crippen molar-refractivity contribution in [1.82, 2.24) is 29.8 Å². The monoisotopic (exact) mass is 544 g/mol. The van der Waals surface area contributed by atoms with Crippen molar-refractivity contribution >= 4 is 5.91 Å². The highest BCUT2D eigenvalue weighted by atomic mass is 19.1. The lowest BCUT2D eigenvalue weighted by Crippen LogP contribution is -2.30. The molecule has 1 N–H and O–H groups in total. The van der Waals surface area contributed by atoms with Gasteiger partial charge in [-0.15, -0.1) is 0 Å². The van der Waals surface area contributed by atoms with Gasteiger partial charge < -0.3 is 10.1 Å². The summed E-state index contributed by atoms with van der Waals surface area (Å²) in [5, 5.41) is 12.2. The Labute approximate surface area is 234 Å². The molecule has 0 unspecified atom stereocenters. The third kappa shape index (κ3) is 6.09. The lowest BCUT2D eigenvalue weighted by Gasteiger charge is -2.20. The lowest BCUT2D eigenvalue weighted by molar-refractivity contribution is 0.0938. The summed E-state index contributed by atoms with van der Waals surface area (Å²) in [6, 6.07) is 13.6. The van der Waals surface area contributed by atoms with Crippen molar-refractivity contribution in [2.45, 2.75) is 52.0 Å². The molecule has 210 valence electrons. The van der Waals surface area contributed by atoms with Crippen LogP contribution in [0.3, 0.4) is 0 Å². The molecule has 0 radical (unpaired) electrons. The van der Waals surface area contributed by atoms with E-state index in [1.54, 1.807) is 10.7 Å². The number of carbonyl (C=O) groups is 1. The molecule has 0 spiro atoms. The van der Waals surface area contributed by atoms with E-state index in [9.17, 15) is 9.18 Å². The van der Waals surface area contributed by atoms with Crippen molar-refractivity contribution in [3.63, 3.8) is 0 Å². The maximum Gasteiger partial charge on any atom is 0.252 e. The maximum absolute atomic E-state index is 13.7. The second-order valence-corrected chi connectivity index (χ2v) is 10.7. The predicted octanol–water partition coefficient (Wildman–Crippen LogP) is 5.19. The Morgan fingerprint density at radius 1 is 1.15 bits per heavy atom. The summed E-state index contributed by atoms with van der Waals surface area (Å²) in [6.07, 6.45) is 5.42. The van der Waals surface area contributed by atoms with Gasteiger partial charge in [-0.3, -0.25) is 19.1 Å². The zero-order chi connectivity index (χ0) is 28.4. The first-order valence-corrected chi connectivity index (χ1v) is 13.8.